The zero-order valence-corrected chi connectivity index (χ0v) is 14.8. The lowest BCUT2D eigenvalue weighted by atomic mass is 10.0. The minimum absolute atomic E-state index is 0.0420. The van der Waals surface area contributed by atoms with E-state index < -0.39 is 0 Å². The normalized spacial score (nSPS) is 26.6. The van der Waals surface area contributed by atoms with Crippen LogP contribution in [0.1, 0.15) is 29.2 Å². The first-order valence-corrected chi connectivity index (χ1v) is 9.30. The summed E-state index contributed by atoms with van der Waals surface area (Å²) in [6, 6.07) is 4.37. The first-order valence-electron chi connectivity index (χ1n) is 8.42. The van der Waals surface area contributed by atoms with Gasteiger partial charge in [0.05, 0.1) is 29.0 Å². The molecule has 4 rings (SSSR count). The molecule has 0 aromatic carbocycles. The van der Waals surface area contributed by atoms with Gasteiger partial charge in [-0.25, -0.2) is 4.98 Å². The van der Waals surface area contributed by atoms with E-state index in [1.54, 1.807) is 11.3 Å². The zero-order valence-electron chi connectivity index (χ0n) is 14.0. The van der Waals surface area contributed by atoms with Crippen LogP contribution in [0.25, 0.3) is 0 Å². The van der Waals surface area contributed by atoms with Gasteiger partial charge in [0, 0.05) is 18.5 Å². The Hall–Kier alpha value is -1.57. The van der Waals surface area contributed by atoms with Crippen LogP contribution in [0.4, 0.5) is 5.82 Å². The van der Waals surface area contributed by atoms with E-state index in [9.17, 15) is 0 Å². The number of ether oxygens (including phenoxy) is 2. The van der Waals surface area contributed by atoms with Crippen LogP contribution in [0.5, 0.6) is 0 Å². The monoisotopic (exact) mass is 346 g/mol. The molecule has 0 unspecified atom stereocenters. The molecule has 0 spiro atoms. The Morgan fingerprint density at radius 1 is 1.33 bits per heavy atom. The van der Waals surface area contributed by atoms with Crippen LogP contribution in [0.3, 0.4) is 0 Å². The topological polar surface area (TPSA) is 60.4 Å². The molecule has 2 aliphatic heterocycles. The summed E-state index contributed by atoms with van der Waals surface area (Å²) in [6.07, 6.45) is 2.33. The van der Waals surface area contributed by atoms with Crippen LogP contribution in [0, 0.1) is 13.8 Å². The van der Waals surface area contributed by atoms with Crippen molar-refractivity contribution in [2.24, 2.45) is 0 Å². The summed E-state index contributed by atoms with van der Waals surface area (Å²) in [5, 5.41) is 11.7. The Kier molecular flexibility index (Phi) is 4.47. The third-order valence-corrected chi connectivity index (χ3v) is 5.49. The molecule has 0 bridgehead atoms. The molecular formula is C17H22N4O2S. The SMILES string of the molecule is Cc1ccc(N2C[C@H](OCc3csc(C)n3)[C@H]3OCCC[C@H]32)nn1. The fraction of sp³-hybridized carbons (Fsp3) is 0.588. The molecule has 7 heteroatoms. The lowest BCUT2D eigenvalue weighted by Crippen LogP contribution is -2.42. The summed E-state index contributed by atoms with van der Waals surface area (Å²) in [5.41, 5.74) is 1.93. The van der Waals surface area contributed by atoms with E-state index >= 15 is 0 Å². The minimum atomic E-state index is 0.0420. The quantitative estimate of drug-likeness (QED) is 0.848. The van der Waals surface area contributed by atoms with Gasteiger partial charge in [-0.2, -0.15) is 5.10 Å². The Morgan fingerprint density at radius 3 is 3.00 bits per heavy atom. The molecule has 0 aliphatic carbocycles. The highest BCUT2D eigenvalue weighted by Gasteiger charge is 2.45. The van der Waals surface area contributed by atoms with Gasteiger partial charge in [0.2, 0.25) is 0 Å². The number of hydrogen-bond donors (Lipinski definition) is 0. The average molecular weight is 346 g/mol. The maximum Gasteiger partial charge on any atom is 0.151 e. The van der Waals surface area contributed by atoms with E-state index in [1.165, 1.54) is 0 Å². The van der Waals surface area contributed by atoms with Crippen LogP contribution >= 0.6 is 11.3 Å². The maximum atomic E-state index is 6.18. The van der Waals surface area contributed by atoms with E-state index in [0.717, 1.165) is 48.2 Å². The molecule has 0 N–H and O–H groups in total. The summed E-state index contributed by atoms with van der Waals surface area (Å²) in [6.45, 7) is 6.10. The van der Waals surface area contributed by atoms with Gasteiger partial charge in [-0.3, -0.25) is 0 Å². The van der Waals surface area contributed by atoms with Crippen LogP contribution in [-0.4, -0.2) is 46.6 Å². The van der Waals surface area contributed by atoms with Crippen LogP contribution < -0.4 is 4.90 Å². The molecule has 6 nitrogen and oxygen atoms in total. The van der Waals surface area contributed by atoms with Crippen LogP contribution in [0.15, 0.2) is 17.5 Å². The molecule has 0 saturated carbocycles. The molecule has 24 heavy (non-hydrogen) atoms. The van der Waals surface area contributed by atoms with E-state index in [0.29, 0.717) is 12.6 Å². The number of nitrogens with zero attached hydrogens (tertiary/aromatic N) is 4. The molecule has 0 amide bonds. The highest BCUT2D eigenvalue weighted by molar-refractivity contribution is 7.09. The lowest BCUT2D eigenvalue weighted by molar-refractivity contribution is -0.0788. The van der Waals surface area contributed by atoms with Crippen molar-refractivity contribution in [3.05, 3.63) is 33.9 Å². The Morgan fingerprint density at radius 2 is 2.25 bits per heavy atom. The molecule has 2 aromatic heterocycles. The van der Waals surface area contributed by atoms with E-state index in [2.05, 4.69) is 25.5 Å². The highest BCUT2D eigenvalue weighted by Crippen LogP contribution is 2.33. The van der Waals surface area contributed by atoms with Crippen LogP contribution in [0.2, 0.25) is 0 Å². The van der Waals surface area contributed by atoms with Gasteiger partial charge in [0.15, 0.2) is 5.82 Å². The molecule has 128 valence electrons. The van der Waals surface area contributed by atoms with E-state index in [1.807, 2.05) is 26.0 Å². The van der Waals surface area contributed by atoms with Gasteiger partial charge in [-0.15, -0.1) is 16.4 Å². The molecule has 0 radical (unpaired) electrons. The first-order chi connectivity index (χ1) is 11.7. The van der Waals surface area contributed by atoms with Crippen molar-refractivity contribution in [3.63, 3.8) is 0 Å². The molecule has 2 saturated heterocycles. The maximum absolute atomic E-state index is 6.18. The van der Waals surface area contributed by atoms with Gasteiger partial charge in [0.1, 0.15) is 12.2 Å². The molecular weight excluding hydrogens is 324 g/mol. The predicted molar refractivity (Wildman–Crippen MR) is 92.3 cm³/mol. The fourth-order valence-corrected chi connectivity index (χ4v) is 4.13. The number of hydrogen-bond acceptors (Lipinski definition) is 7. The Bertz CT molecular complexity index is 690. The molecule has 3 atom stereocenters. The number of aromatic nitrogens is 3. The predicted octanol–water partition coefficient (Wildman–Crippen LogP) is 2.50. The van der Waals surface area contributed by atoms with Crippen molar-refractivity contribution in [2.75, 3.05) is 18.1 Å². The van der Waals surface area contributed by atoms with E-state index in [-0.39, 0.29) is 12.2 Å². The highest BCUT2D eigenvalue weighted by atomic mass is 32.1. The van der Waals surface area contributed by atoms with Gasteiger partial charge >= 0.3 is 0 Å². The first kappa shape index (κ1) is 15.9. The molecule has 2 aliphatic rings. The lowest BCUT2D eigenvalue weighted by Gasteiger charge is -2.32. The minimum Gasteiger partial charge on any atom is -0.373 e. The second kappa shape index (κ2) is 6.74. The van der Waals surface area contributed by atoms with Crippen molar-refractivity contribution in [3.8, 4) is 0 Å². The zero-order chi connectivity index (χ0) is 16.5. The van der Waals surface area contributed by atoms with Crippen molar-refractivity contribution < 1.29 is 9.47 Å². The van der Waals surface area contributed by atoms with Crippen molar-refractivity contribution in [1.82, 2.24) is 15.2 Å². The van der Waals surface area contributed by atoms with Gasteiger partial charge in [-0.05, 0) is 38.8 Å². The summed E-state index contributed by atoms with van der Waals surface area (Å²) in [4.78, 5) is 6.78. The standard InChI is InChI=1S/C17H22N4O2S/c1-11-5-6-16(20-19-11)21-8-15(17-14(21)4-3-7-22-17)23-9-13-10-24-12(2)18-13/h5-6,10,14-15,17H,3-4,7-9H2,1-2H3/t14-,15+,17+/m1/s1. The summed E-state index contributed by atoms with van der Waals surface area (Å²) < 4.78 is 12.2. The Labute approximate surface area is 145 Å². The summed E-state index contributed by atoms with van der Waals surface area (Å²) in [5.74, 6) is 0.914. The van der Waals surface area contributed by atoms with Crippen molar-refractivity contribution in [2.45, 2.75) is 51.5 Å². The number of aryl methyl sites for hydroxylation is 2. The second-order valence-corrected chi connectivity index (χ2v) is 7.50. The average Bonchev–Trinajstić information content (AvgIpc) is 3.18. The number of fused-ring (bicyclic) bond motifs is 1. The third-order valence-electron chi connectivity index (χ3n) is 4.67. The van der Waals surface area contributed by atoms with Gasteiger partial charge in [-0.1, -0.05) is 0 Å². The second-order valence-electron chi connectivity index (χ2n) is 6.44. The van der Waals surface area contributed by atoms with Crippen molar-refractivity contribution >= 4 is 17.2 Å². The van der Waals surface area contributed by atoms with Crippen LogP contribution in [-0.2, 0) is 16.1 Å². The van der Waals surface area contributed by atoms with Crippen molar-refractivity contribution in [1.29, 1.82) is 0 Å². The Balaban J connectivity index is 1.49. The van der Waals surface area contributed by atoms with Gasteiger partial charge < -0.3 is 14.4 Å². The molecule has 2 aromatic rings. The summed E-state index contributed by atoms with van der Waals surface area (Å²) >= 11 is 1.66. The molecule has 2 fully saturated rings. The molecule has 4 heterocycles. The fourth-order valence-electron chi connectivity index (χ4n) is 3.53. The van der Waals surface area contributed by atoms with Gasteiger partial charge in [0.25, 0.3) is 0 Å². The smallest absolute Gasteiger partial charge is 0.151 e. The summed E-state index contributed by atoms with van der Waals surface area (Å²) in [7, 11) is 0. The number of thiazole rings is 1. The number of rotatable bonds is 4. The van der Waals surface area contributed by atoms with E-state index in [4.69, 9.17) is 9.47 Å². The third kappa shape index (κ3) is 3.16. The number of anilines is 1. The largest absolute Gasteiger partial charge is 0.373 e.